The first-order chi connectivity index (χ1) is 13.5. The van der Waals surface area contributed by atoms with Crippen LogP contribution in [0.2, 0.25) is 0 Å². The van der Waals surface area contributed by atoms with Gasteiger partial charge in [0.25, 0.3) is 0 Å². The van der Waals surface area contributed by atoms with Gasteiger partial charge in [0, 0.05) is 30.1 Å². The molecule has 2 aromatic rings. The summed E-state index contributed by atoms with van der Waals surface area (Å²) in [6, 6.07) is 11.1. The van der Waals surface area contributed by atoms with E-state index in [0.717, 1.165) is 24.2 Å². The van der Waals surface area contributed by atoms with Gasteiger partial charge in [-0.25, -0.2) is 8.78 Å². The van der Waals surface area contributed by atoms with Crippen LogP contribution in [0.15, 0.2) is 42.5 Å². The third-order valence-electron chi connectivity index (χ3n) is 5.79. The molecule has 0 saturated heterocycles. The van der Waals surface area contributed by atoms with Gasteiger partial charge in [0.2, 0.25) is 11.8 Å². The average molecular weight is 384 g/mol. The van der Waals surface area contributed by atoms with Crippen LogP contribution in [0.4, 0.5) is 20.2 Å². The Bertz CT molecular complexity index is 907. The highest BCUT2D eigenvalue weighted by atomic mass is 19.1. The van der Waals surface area contributed by atoms with Crippen molar-refractivity contribution in [2.75, 3.05) is 16.8 Å². The Morgan fingerprint density at radius 3 is 2.43 bits per heavy atom. The highest BCUT2D eigenvalue weighted by Gasteiger charge is 2.34. The molecule has 0 bridgehead atoms. The van der Waals surface area contributed by atoms with Gasteiger partial charge in [-0.2, -0.15) is 0 Å². The van der Waals surface area contributed by atoms with Crippen LogP contribution in [0.1, 0.15) is 31.2 Å². The summed E-state index contributed by atoms with van der Waals surface area (Å²) in [5, 5.41) is 2.54. The summed E-state index contributed by atoms with van der Waals surface area (Å²) in [5.41, 5.74) is 2.18. The van der Waals surface area contributed by atoms with E-state index < -0.39 is 11.6 Å². The van der Waals surface area contributed by atoms with Gasteiger partial charge in [-0.3, -0.25) is 9.59 Å². The lowest BCUT2D eigenvalue weighted by Crippen LogP contribution is -2.38. The van der Waals surface area contributed by atoms with Crippen LogP contribution in [0.5, 0.6) is 0 Å². The normalized spacial score (nSPS) is 21.3. The topological polar surface area (TPSA) is 49.4 Å². The lowest BCUT2D eigenvalue weighted by molar-refractivity contribution is -0.126. The first kappa shape index (κ1) is 18.6. The van der Waals surface area contributed by atoms with E-state index in [1.54, 1.807) is 0 Å². The third kappa shape index (κ3) is 3.63. The van der Waals surface area contributed by atoms with Crippen molar-refractivity contribution < 1.29 is 18.4 Å². The standard InChI is InChI=1S/C22H22F2N2O2/c23-17-9-10-19(18(24)13-17)25-21(27)15-5-7-16(8-6-15)22(28)26-12-11-14-3-1-2-4-20(14)26/h1-4,9-10,13,15-16H,5-8,11-12H2,(H,25,27). The molecule has 28 heavy (non-hydrogen) atoms. The Balaban J connectivity index is 1.34. The first-order valence-electron chi connectivity index (χ1n) is 9.68. The number of para-hydroxylation sites is 1. The molecule has 1 aliphatic carbocycles. The van der Waals surface area contributed by atoms with E-state index in [0.29, 0.717) is 32.2 Å². The number of carbonyl (C=O) groups excluding carboxylic acids is 2. The summed E-state index contributed by atoms with van der Waals surface area (Å²) in [5.74, 6) is -1.96. The van der Waals surface area contributed by atoms with E-state index in [2.05, 4.69) is 11.4 Å². The Labute approximate surface area is 162 Å². The Kier molecular flexibility index (Phi) is 5.11. The number of anilines is 2. The van der Waals surface area contributed by atoms with E-state index in [9.17, 15) is 18.4 Å². The zero-order valence-corrected chi connectivity index (χ0v) is 15.5. The molecule has 0 atom stereocenters. The Morgan fingerprint density at radius 2 is 1.68 bits per heavy atom. The number of hydrogen-bond acceptors (Lipinski definition) is 2. The van der Waals surface area contributed by atoms with Crippen molar-refractivity contribution >= 4 is 23.2 Å². The van der Waals surface area contributed by atoms with Crippen LogP contribution in [-0.2, 0) is 16.0 Å². The van der Waals surface area contributed by atoms with Gasteiger partial charge < -0.3 is 10.2 Å². The number of nitrogens with one attached hydrogen (secondary N) is 1. The van der Waals surface area contributed by atoms with E-state index in [1.807, 2.05) is 23.1 Å². The van der Waals surface area contributed by atoms with Crippen molar-refractivity contribution in [2.24, 2.45) is 11.8 Å². The quantitative estimate of drug-likeness (QED) is 0.858. The molecule has 2 aromatic carbocycles. The van der Waals surface area contributed by atoms with Gasteiger partial charge >= 0.3 is 0 Å². The molecule has 1 saturated carbocycles. The van der Waals surface area contributed by atoms with Crippen molar-refractivity contribution in [3.05, 3.63) is 59.7 Å². The minimum Gasteiger partial charge on any atom is -0.323 e. The van der Waals surface area contributed by atoms with E-state index >= 15 is 0 Å². The van der Waals surface area contributed by atoms with Crippen molar-refractivity contribution in [3.8, 4) is 0 Å². The van der Waals surface area contributed by atoms with Crippen LogP contribution in [0, 0.1) is 23.5 Å². The lowest BCUT2D eigenvalue weighted by atomic mass is 9.81. The number of halogens is 2. The molecule has 1 aliphatic heterocycles. The van der Waals surface area contributed by atoms with Crippen LogP contribution < -0.4 is 10.2 Å². The average Bonchev–Trinajstić information content (AvgIpc) is 3.14. The molecule has 0 unspecified atom stereocenters. The molecule has 1 fully saturated rings. The smallest absolute Gasteiger partial charge is 0.230 e. The van der Waals surface area contributed by atoms with Crippen molar-refractivity contribution in [1.82, 2.24) is 0 Å². The number of amides is 2. The molecule has 2 aliphatic rings. The van der Waals surface area contributed by atoms with Gasteiger partial charge in [0.1, 0.15) is 11.6 Å². The number of carbonyl (C=O) groups is 2. The molecule has 2 amide bonds. The molecular weight excluding hydrogens is 362 g/mol. The zero-order chi connectivity index (χ0) is 19.7. The Morgan fingerprint density at radius 1 is 0.964 bits per heavy atom. The van der Waals surface area contributed by atoms with Gasteiger partial charge in [-0.1, -0.05) is 18.2 Å². The molecule has 4 rings (SSSR count). The summed E-state index contributed by atoms with van der Waals surface area (Å²) in [7, 11) is 0. The van der Waals surface area contributed by atoms with Crippen molar-refractivity contribution in [3.63, 3.8) is 0 Å². The highest BCUT2D eigenvalue weighted by Crippen LogP contribution is 2.35. The Hall–Kier alpha value is -2.76. The third-order valence-corrected chi connectivity index (χ3v) is 5.79. The van der Waals surface area contributed by atoms with Crippen LogP contribution in [-0.4, -0.2) is 18.4 Å². The van der Waals surface area contributed by atoms with Gasteiger partial charge in [0.15, 0.2) is 0 Å². The number of rotatable bonds is 3. The lowest BCUT2D eigenvalue weighted by Gasteiger charge is -2.30. The predicted molar refractivity (Wildman–Crippen MR) is 103 cm³/mol. The molecule has 0 radical (unpaired) electrons. The SMILES string of the molecule is O=C(Nc1ccc(F)cc1F)C1CCC(C(=O)N2CCc3ccccc32)CC1. The minimum atomic E-state index is -0.787. The minimum absolute atomic E-state index is 0.0155. The summed E-state index contributed by atoms with van der Waals surface area (Å²) >= 11 is 0. The highest BCUT2D eigenvalue weighted by molar-refractivity contribution is 5.97. The summed E-state index contributed by atoms with van der Waals surface area (Å²) in [4.78, 5) is 27.3. The maximum Gasteiger partial charge on any atom is 0.230 e. The molecule has 1 heterocycles. The molecular formula is C22H22F2N2O2. The number of fused-ring (bicyclic) bond motifs is 1. The largest absolute Gasteiger partial charge is 0.323 e. The van der Waals surface area contributed by atoms with Crippen molar-refractivity contribution in [1.29, 1.82) is 0 Å². The second-order valence-electron chi connectivity index (χ2n) is 7.53. The van der Waals surface area contributed by atoms with Crippen LogP contribution in [0.25, 0.3) is 0 Å². The fraction of sp³-hybridized carbons (Fsp3) is 0.364. The molecule has 146 valence electrons. The van der Waals surface area contributed by atoms with E-state index in [-0.39, 0.29) is 29.3 Å². The fourth-order valence-electron chi connectivity index (χ4n) is 4.22. The fourth-order valence-corrected chi connectivity index (χ4v) is 4.22. The molecule has 1 N–H and O–H groups in total. The van der Waals surface area contributed by atoms with Crippen LogP contribution in [0.3, 0.4) is 0 Å². The second kappa shape index (κ2) is 7.70. The maximum absolute atomic E-state index is 13.7. The second-order valence-corrected chi connectivity index (χ2v) is 7.53. The maximum atomic E-state index is 13.7. The van der Waals surface area contributed by atoms with E-state index in [1.165, 1.54) is 11.6 Å². The summed E-state index contributed by atoms with van der Waals surface area (Å²) in [6.45, 7) is 0.711. The summed E-state index contributed by atoms with van der Waals surface area (Å²) < 4.78 is 26.7. The predicted octanol–water partition coefficient (Wildman–Crippen LogP) is 4.30. The van der Waals surface area contributed by atoms with Crippen LogP contribution >= 0.6 is 0 Å². The van der Waals surface area contributed by atoms with Gasteiger partial charge in [-0.05, 0) is 55.9 Å². The zero-order valence-electron chi connectivity index (χ0n) is 15.5. The van der Waals surface area contributed by atoms with Gasteiger partial charge in [-0.15, -0.1) is 0 Å². The van der Waals surface area contributed by atoms with Gasteiger partial charge in [0.05, 0.1) is 5.69 Å². The molecule has 4 nitrogen and oxygen atoms in total. The molecule has 0 aromatic heterocycles. The number of benzene rings is 2. The molecule has 0 spiro atoms. The molecule has 6 heteroatoms. The number of nitrogens with zero attached hydrogens (tertiary/aromatic N) is 1. The number of hydrogen-bond donors (Lipinski definition) is 1. The first-order valence-corrected chi connectivity index (χ1v) is 9.68. The monoisotopic (exact) mass is 384 g/mol. The summed E-state index contributed by atoms with van der Waals surface area (Å²) in [6.07, 6.45) is 3.33. The van der Waals surface area contributed by atoms with E-state index in [4.69, 9.17) is 0 Å². The van der Waals surface area contributed by atoms with Crippen molar-refractivity contribution in [2.45, 2.75) is 32.1 Å².